The molecule has 4 saturated carbocycles. The molecule has 0 saturated heterocycles. The minimum atomic E-state index is 0. The van der Waals surface area contributed by atoms with Crippen molar-refractivity contribution < 1.29 is 4.74 Å². The summed E-state index contributed by atoms with van der Waals surface area (Å²) in [6.07, 6.45) is 7.41. The van der Waals surface area contributed by atoms with E-state index in [2.05, 4.69) is 29.6 Å². The van der Waals surface area contributed by atoms with Gasteiger partial charge in [0, 0.05) is 23.2 Å². The predicted molar refractivity (Wildman–Crippen MR) is 117 cm³/mol. The summed E-state index contributed by atoms with van der Waals surface area (Å²) in [7, 11) is 0. The van der Waals surface area contributed by atoms with Crippen LogP contribution in [0.1, 0.15) is 43.2 Å². The number of benzene rings is 2. The molecular formula is C24H29Cl2NO. The predicted octanol–water partition coefficient (Wildman–Crippen LogP) is 6.26. The first kappa shape index (κ1) is 20.1. The zero-order valence-corrected chi connectivity index (χ0v) is 17.7. The van der Waals surface area contributed by atoms with Crippen LogP contribution >= 0.6 is 24.0 Å². The molecule has 0 atom stereocenters. The van der Waals surface area contributed by atoms with Gasteiger partial charge in [-0.25, -0.2) is 0 Å². The van der Waals surface area contributed by atoms with Gasteiger partial charge in [0.15, 0.2) is 0 Å². The Balaban J connectivity index is 0.00000192. The highest BCUT2D eigenvalue weighted by Gasteiger charge is 2.47. The zero-order valence-electron chi connectivity index (χ0n) is 16.1. The molecule has 1 N–H and O–H groups in total. The molecule has 2 aromatic carbocycles. The van der Waals surface area contributed by atoms with E-state index in [9.17, 15) is 0 Å². The summed E-state index contributed by atoms with van der Waals surface area (Å²) in [5.41, 5.74) is 2.36. The molecule has 4 aliphatic carbocycles. The average molecular weight is 418 g/mol. The number of rotatable bonds is 6. The monoisotopic (exact) mass is 417 g/mol. The van der Waals surface area contributed by atoms with E-state index < -0.39 is 0 Å². The van der Waals surface area contributed by atoms with Crippen molar-refractivity contribution >= 4 is 24.0 Å². The van der Waals surface area contributed by atoms with E-state index in [-0.39, 0.29) is 12.4 Å². The maximum absolute atomic E-state index is 6.19. The van der Waals surface area contributed by atoms with Gasteiger partial charge in [-0.2, -0.15) is 0 Å². The highest BCUT2D eigenvalue weighted by molar-refractivity contribution is 6.31. The lowest BCUT2D eigenvalue weighted by Crippen LogP contribution is -2.54. The van der Waals surface area contributed by atoms with Crippen molar-refractivity contribution in [2.75, 3.05) is 0 Å². The minimum absolute atomic E-state index is 0. The molecule has 0 radical (unpaired) electrons. The van der Waals surface area contributed by atoms with Crippen LogP contribution in [-0.2, 0) is 13.2 Å². The SMILES string of the molecule is Cl.Clc1ccccc1COc1ccc(CNC2C3CC4CC(C3)CC2C4)cc1. The first-order chi connectivity index (χ1) is 13.2. The first-order valence-corrected chi connectivity index (χ1v) is 10.8. The van der Waals surface area contributed by atoms with Gasteiger partial charge in [0.25, 0.3) is 0 Å². The van der Waals surface area contributed by atoms with Crippen LogP contribution in [0.2, 0.25) is 5.02 Å². The van der Waals surface area contributed by atoms with Crippen molar-refractivity contribution in [3.05, 3.63) is 64.7 Å². The third-order valence-corrected chi connectivity index (χ3v) is 7.41. The van der Waals surface area contributed by atoms with Gasteiger partial charge < -0.3 is 10.1 Å². The van der Waals surface area contributed by atoms with Gasteiger partial charge >= 0.3 is 0 Å². The molecule has 4 bridgehead atoms. The van der Waals surface area contributed by atoms with Crippen molar-refractivity contribution in [1.82, 2.24) is 5.32 Å². The average Bonchev–Trinajstić information content (AvgIpc) is 2.67. The summed E-state index contributed by atoms with van der Waals surface area (Å²) in [5.74, 6) is 4.84. The van der Waals surface area contributed by atoms with Crippen LogP contribution in [0, 0.1) is 23.7 Å². The fourth-order valence-corrected chi connectivity index (χ4v) is 6.16. The summed E-state index contributed by atoms with van der Waals surface area (Å²) in [4.78, 5) is 0. The quantitative estimate of drug-likeness (QED) is 0.598. The number of hydrogen-bond donors (Lipinski definition) is 1. The van der Waals surface area contributed by atoms with E-state index in [4.69, 9.17) is 16.3 Å². The van der Waals surface area contributed by atoms with Crippen LogP contribution in [0.4, 0.5) is 0 Å². The highest BCUT2D eigenvalue weighted by Crippen LogP contribution is 2.53. The molecule has 4 heteroatoms. The van der Waals surface area contributed by atoms with Crippen molar-refractivity contribution in [1.29, 1.82) is 0 Å². The molecule has 0 heterocycles. The van der Waals surface area contributed by atoms with E-state index >= 15 is 0 Å². The van der Waals surface area contributed by atoms with Gasteiger partial charge in [-0.1, -0.05) is 41.9 Å². The van der Waals surface area contributed by atoms with E-state index in [0.717, 1.165) is 52.6 Å². The molecule has 0 unspecified atom stereocenters. The molecule has 2 aromatic rings. The van der Waals surface area contributed by atoms with Crippen molar-refractivity contribution in [3.8, 4) is 5.75 Å². The topological polar surface area (TPSA) is 21.3 Å². The van der Waals surface area contributed by atoms with Crippen molar-refractivity contribution in [2.45, 2.75) is 51.3 Å². The van der Waals surface area contributed by atoms with Crippen LogP contribution in [0.3, 0.4) is 0 Å². The molecule has 28 heavy (non-hydrogen) atoms. The van der Waals surface area contributed by atoms with E-state index in [1.54, 1.807) is 0 Å². The molecule has 2 nitrogen and oxygen atoms in total. The number of halogens is 2. The maximum Gasteiger partial charge on any atom is 0.119 e. The third kappa shape index (κ3) is 4.20. The molecule has 0 amide bonds. The summed E-state index contributed by atoms with van der Waals surface area (Å²) in [6.45, 7) is 1.48. The van der Waals surface area contributed by atoms with Gasteiger partial charge in [0.05, 0.1) is 0 Å². The second kappa shape index (κ2) is 8.65. The lowest BCUT2D eigenvalue weighted by molar-refractivity contribution is -0.0142. The van der Waals surface area contributed by atoms with Crippen molar-refractivity contribution in [2.24, 2.45) is 23.7 Å². The number of nitrogens with one attached hydrogen (secondary N) is 1. The maximum atomic E-state index is 6.19. The van der Waals surface area contributed by atoms with Crippen LogP contribution in [0.5, 0.6) is 5.75 Å². The Hall–Kier alpha value is -1.22. The first-order valence-electron chi connectivity index (χ1n) is 10.4. The molecule has 0 aromatic heterocycles. The number of ether oxygens (including phenoxy) is 1. The molecule has 4 fully saturated rings. The Morgan fingerprint density at radius 1 is 0.857 bits per heavy atom. The third-order valence-electron chi connectivity index (χ3n) is 7.04. The molecule has 6 rings (SSSR count). The second-order valence-corrected chi connectivity index (χ2v) is 9.27. The van der Waals surface area contributed by atoms with E-state index in [0.29, 0.717) is 6.61 Å². The van der Waals surface area contributed by atoms with Crippen molar-refractivity contribution in [3.63, 3.8) is 0 Å². The van der Waals surface area contributed by atoms with E-state index in [1.165, 1.54) is 37.7 Å². The Morgan fingerprint density at radius 3 is 2.14 bits per heavy atom. The van der Waals surface area contributed by atoms with Crippen LogP contribution < -0.4 is 10.1 Å². The Bertz CT molecular complexity index is 763. The summed E-state index contributed by atoms with van der Waals surface area (Å²) >= 11 is 6.19. The summed E-state index contributed by atoms with van der Waals surface area (Å²) in [6, 6.07) is 17.1. The van der Waals surface area contributed by atoms with Gasteiger partial charge in [0.2, 0.25) is 0 Å². The Labute approximate surface area is 179 Å². The van der Waals surface area contributed by atoms with Gasteiger partial charge in [-0.05, 0) is 79.5 Å². The van der Waals surface area contributed by atoms with Gasteiger partial charge in [-0.3, -0.25) is 0 Å². The largest absolute Gasteiger partial charge is 0.489 e. The van der Waals surface area contributed by atoms with Crippen LogP contribution in [-0.4, -0.2) is 6.04 Å². The Morgan fingerprint density at radius 2 is 1.50 bits per heavy atom. The fourth-order valence-electron chi connectivity index (χ4n) is 5.97. The molecule has 0 spiro atoms. The zero-order chi connectivity index (χ0) is 18.2. The lowest BCUT2D eigenvalue weighted by Gasteiger charge is -2.54. The minimum Gasteiger partial charge on any atom is -0.489 e. The fraction of sp³-hybridized carbons (Fsp3) is 0.500. The van der Waals surface area contributed by atoms with E-state index in [1.807, 2.05) is 24.3 Å². The lowest BCUT2D eigenvalue weighted by atomic mass is 9.54. The van der Waals surface area contributed by atoms with Gasteiger partial charge in [-0.15, -0.1) is 12.4 Å². The molecule has 0 aliphatic heterocycles. The summed E-state index contributed by atoms with van der Waals surface area (Å²) in [5, 5.41) is 4.67. The standard InChI is InChI=1S/C24H28ClNO.ClH/c25-23-4-2-1-3-19(23)15-27-22-7-5-16(6-8-22)14-26-24-20-10-17-9-18(12-20)13-21(24)11-17;/h1-8,17-18,20-21,24,26H,9-15H2;1H. The van der Waals surface area contributed by atoms with Gasteiger partial charge in [0.1, 0.15) is 12.4 Å². The second-order valence-electron chi connectivity index (χ2n) is 8.86. The Kier molecular flexibility index (Phi) is 6.20. The highest BCUT2D eigenvalue weighted by atomic mass is 35.5. The molecule has 150 valence electrons. The van der Waals surface area contributed by atoms with Crippen LogP contribution in [0.25, 0.3) is 0 Å². The number of hydrogen-bond acceptors (Lipinski definition) is 2. The molecule has 4 aliphatic rings. The molecular weight excluding hydrogens is 389 g/mol. The normalized spacial score (nSPS) is 30.1. The van der Waals surface area contributed by atoms with Crippen LogP contribution in [0.15, 0.2) is 48.5 Å². The smallest absolute Gasteiger partial charge is 0.119 e. The summed E-state index contributed by atoms with van der Waals surface area (Å²) < 4.78 is 5.89.